The van der Waals surface area contributed by atoms with Crippen LogP contribution in [0.25, 0.3) is 11.0 Å². The van der Waals surface area contributed by atoms with Gasteiger partial charge in [-0.05, 0) is 36.8 Å². The monoisotopic (exact) mass is 332 g/mol. The fourth-order valence-electron chi connectivity index (χ4n) is 2.77. The molecule has 2 rings (SSSR count). The summed E-state index contributed by atoms with van der Waals surface area (Å²) in [6.07, 6.45) is 3.68. The van der Waals surface area contributed by atoms with Gasteiger partial charge in [-0.1, -0.05) is 39.3 Å². The zero-order valence-electron chi connectivity index (χ0n) is 15.1. The molecule has 5 nitrogen and oxygen atoms in total. The molecule has 0 saturated carbocycles. The molecule has 24 heavy (non-hydrogen) atoms. The van der Waals surface area contributed by atoms with Gasteiger partial charge in [0.25, 0.3) is 0 Å². The molecule has 0 aliphatic carbocycles. The normalized spacial score (nSPS) is 11.8. The molecule has 0 aliphatic heterocycles. The van der Waals surface area contributed by atoms with Gasteiger partial charge in [-0.3, -0.25) is 4.79 Å². The Balaban J connectivity index is 2.26. The predicted molar refractivity (Wildman–Crippen MR) is 95.1 cm³/mol. The number of nitrogens with zero attached hydrogens (tertiary/aromatic N) is 1. The van der Waals surface area contributed by atoms with Gasteiger partial charge in [-0.25, -0.2) is 0 Å². The van der Waals surface area contributed by atoms with E-state index in [2.05, 4.69) is 32.9 Å². The summed E-state index contributed by atoms with van der Waals surface area (Å²) in [5.41, 5.74) is 8.19. The molecule has 5 heteroatoms. The van der Waals surface area contributed by atoms with Gasteiger partial charge in [0.15, 0.2) is 5.58 Å². The summed E-state index contributed by atoms with van der Waals surface area (Å²) >= 11 is 0. The highest BCUT2D eigenvalue weighted by Gasteiger charge is 2.20. The van der Waals surface area contributed by atoms with Crippen molar-refractivity contribution < 1.29 is 14.1 Å². The Morgan fingerprint density at radius 3 is 2.71 bits per heavy atom. The van der Waals surface area contributed by atoms with E-state index < -0.39 is 0 Å². The van der Waals surface area contributed by atoms with Crippen LogP contribution >= 0.6 is 0 Å². The lowest BCUT2D eigenvalue weighted by atomic mass is 9.89. The minimum absolute atomic E-state index is 0.151. The number of carbonyl (C=O) groups excluding carboxylic acids is 1. The number of amides is 1. The molecule has 0 aliphatic rings. The van der Waals surface area contributed by atoms with Crippen LogP contribution in [-0.4, -0.2) is 17.7 Å². The molecule has 132 valence electrons. The summed E-state index contributed by atoms with van der Waals surface area (Å²) in [4.78, 5) is 10.8. The first-order valence-electron chi connectivity index (χ1n) is 8.63. The first kappa shape index (κ1) is 18.3. The molecule has 1 heterocycles. The molecule has 0 saturated heterocycles. The molecule has 0 spiro atoms. The smallest absolute Gasteiger partial charge is 0.217 e. The van der Waals surface area contributed by atoms with E-state index in [1.165, 1.54) is 0 Å². The maximum atomic E-state index is 10.8. The summed E-state index contributed by atoms with van der Waals surface area (Å²) in [6.45, 7) is 9.17. The van der Waals surface area contributed by atoms with Crippen LogP contribution in [0.15, 0.2) is 16.7 Å². The summed E-state index contributed by atoms with van der Waals surface area (Å²) < 4.78 is 11.5. The van der Waals surface area contributed by atoms with Crippen molar-refractivity contribution in [1.82, 2.24) is 5.16 Å². The summed E-state index contributed by atoms with van der Waals surface area (Å²) in [6, 6.07) is 4.01. The topological polar surface area (TPSA) is 78.4 Å². The Kier molecular flexibility index (Phi) is 5.86. The maximum absolute atomic E-state index is 10.8. The van der Waals surface area contributed by atoms with Gasteiger partial charge in [0.1, 0.15) is 5.75 Å². The number of benzene rings is 1. The zero-order valence-corrected chi connectivity index (χ0v) is 15.1. The minimum atomic E-state index is -0.301. The van der Waals surface area contributed by atoms with Crippen molar-refractivity contribution in [3.05, 3.63) is 23.4 Å². The second-order valence-electron chi connectivity index (χ2n) is 7.45. The van der Waals surface area contributed by atoms with Gasteiger partial charge in [0.05, 0.1) is 12.3 Å². The maximum Gasteiger partial charge on any atom is 0.217 e. The molecule has 0 unspecified atom stereocenters. The van der Waals surface area contributed by atoms with Crippen LogP contribution in [-0.2, 0) is 17.6 Å². The van der Waals surface area contributed by atoms with Gasteiger partial charge in [-0.2, -0.15) is 0 Å². The molecule has 0 bridgehead atoms. The highest BCUT2D eigenvalue weighted by atomic mass is 16.5. The van der Waals surface area contributed by atoms with Crippen molar-refractivity contribution in [2.45, 2.75) is 59.8 Å². The van der Waals surface area contributed by atoms with Gasteiger partial charge >= 0.3 is 0 Å². The first-order valence-corrected chi connectivity index (χ1v) is 8.63. The van der Waals surface area contributed by atoms with Gasteiger partial charge in [-0.15, -0.1) is 0 Å². The molecule has 1 aromatic heterocycles. The third-order valence-corrected chi connectivity index (χ3v) is 3.80. The fourth-order valence-corrected chi connectivity index (χ4v) is 2.77. The summed E-state index contributed by atoms with van der Waals surface area (Å²) in [5, 5.41) is 5.36. The second kappa shape index (κ2) is 7.69. The highest BCUT2D eigenvalue weighted by Crippen LogP contribution is 2.33. The average Bonchev–Trinajstić information content (AvgIpc) is 2.86. The van der Waals surface area contributed by atoms with Crippen LogP contribution in [0.2, 0.25) is 0 Å². The number of ether oxygens (including phenoxy) is 1. The number of primary amides is 1. The average molecular weight is 332 g/mol. The van der Waals surface area contributed by atoms with E-state index in [1.54, 1.807) is 0 Å². The van der Waals surface area contributed by atoms with E-state index >= 15 is 0 Å². The Labute approximate surface area is 143 Å². The number of aromatic nitrogens is 1. The third kappa shape index (κ3) is 4.73. The van der Waals surface area contributed by atoms with Crippen LogP contribution in [0, 0.1) is 5.41 Å². The number of fused-ring (bicyclic) bond motifs is 1. The molecular weight excluding hydrogens is 304 g/mol. The van der Waals surface area contributed by atoms with Crippen molar-refractivity contribution >= 4 is 16.9 Å². The Bertz CT molecular complexity index is 698. The molecule has 1 amide bonds. The third-order valence-electron chi connectivity index (χ3n) is 3.80. The van der Waals surface area contributed by atoms with Crippen molar-refractivity contribution in [1.29, 1.82) is 0 Å². The molecular formula is C19H28N2O3. The number of nitrogens with two attached hydrogens (primary N) is 1. The number of hydrogen-bond acceptors (Lipinski definition) is 4. The van der Waals surface area contributed by atoms with Gasteiger partial charge < -0.3 is 15.0 Å². The van der Waals surface area contributed by atoms with Crippen LogP contribution in [0.3, 0.4) is 0 Å². The second-order valence-corrected chi connectivity index (χ2v) is 7.45. The van der Waals surface area contributed by atoms with Gasteiger partial charge in [0.2, 0.25) is 5.91 Å². The van der Waals surface area contributed by atoms with E-state index in [-0.39, 0.29) is 11.3 Å². The van der Waals surface area contributed by atoms with Crippen molar-refractivity contribution in [2.24, 2.45) is 11.1 Å². The summed E-state index contributed by atoms with van der Waals surface area (Å²) in [5.74, 6) is 0.511. The van der Waals surface area contributed by atoms with E-state index in [4.69, 9.17) is 15.0 Å². The van der Waals surface area contributed by atoms with Gasteiger partial charge in [0, 0.05) is 17.4 Å². The van der Waals surface area contributed by atoms with Crippen LogP contribution in [0.4, 0.5) is 0 Å². The lowest BCUT2D eigenvalue weighted by Gasteiger charge is -2.16. The van der Waals surface area contributed by atoms with Crippen LogP contribution in [0.5, 0.6) is 5.75 Å². The Hall–Kier alpha value is -2.04. The first-order chi connectivity index (χ1) is 11.3. The molecule has 1 aromatic carbocycles. The van der Waals surface area contributed by atoms with E-state index in [0.717, 1.165) is 47.2 Å². The number of aryl methyl sites for hydroxylation is 1. The fraction of sp³-hybridized carbons (Fsp3) is 0.579. The molecule has 0 fully saturated rings. The largest absolute Gasteiger partial charge is 0.493 e. The van der Waals surface area contributed by atoms with Crippen molar-refractivity contribution in [3.8, 4) is 5.75 Å². The Morgan fingerprint density at radius 1 is 1.33 bits per heavy atom. The highest BCUT2D eigenvalue weighted by molar-refractivity contribution is 5.84. The number of carbonyl (C=O) groups is 1. The van der Waals surface area contributed by atoms with E-state index in [1.807, 2.05) is 12.1 Å². The summed E-state index contributed by atoms with van der Waals surface area (Å²) in [7, 11) is 0. The van der Waals surface area contributed by atoms with Crippen LogP contribution < -0.4 is 10.5 Å². The van der Waals surface area contributed by atoms with Crippen molar-refractivity contribution in [3.63, 3.8) is 0 Å². The quantitative estimate of drug-likeness (QED) is 0.741. The number of rotatable bonds is 8. The molecule has 2 N–H and O–H groups in total. The number of hydrogen-bond donors (Lipinski definition) is 1. The molecule has 0 atom stereocenters. The van der Waals surface area contributed by atoms with Crippen molar-refractivity contribution in [2.75, 3.05) is 6.61 Å². The molecule has 0 radical (unpaired) electrons. The van der Waals surface area contributed by atoms with Crippen LogP contribution in [0.1, 0.15) is 58.2 Å². The lowest BCUT2D eigenvalue weighted by Crippen LogP contribution is -2.12. The van der Waals surface area contributed by atoms with E-state index in [0.29, 0.717) is 19.4 Å². The zero-order chi connectivity index (χ0) is 17.7. The van der Waals surface area contributed by atoms with E-state index in [9.17, 15) is 4.79 Å². The Morgan fingerprint density at radius 2 is 2.08 bits per heavy atom. The minimum Gasteiger partial charge on any atom is -0.493 e. The standard InChI is InChI=1S/C19H28N2O3/c1-5-7-14-16(23-11-6-8-17(20)22)10-9-13-15(12-19(2,3)4)21-24-18(13)14/h9-10H,5-8,11-12H2,1-4H3,(H2,20,22). The predicted octanol–water partition coefficient (Wildman–Crippen LogP) is 4.01. The lowest BCUT2D eigenvalue weighted by molar-refractivity contribution is -0.118. The molecule has 2 aromatic rings. The SMILES string of the molecule is CCCc1c(OCCCC(N)=O)ccc2c(CC(C)(C)C)noc12.